The molecule has 1 aliphatic heterocycles. The second kappa shape index (κ2) is 5.98. The molecule has 22 heavy (non-hydrogen) atoms. The van der Waals surface area contributed by atoms with Crippen molar-refractivity contribution in [1.29, 1.82) is 0 Å². The molecule has 112 valence electrons. The Labute approximate surface area is 130 Å². The number of rotatable bonds is 4. The van der Waals surface area contributed by atoms with E-state index >= 15 is 0 Å². The smallest absolute Gasteiger partial charge is 0.328 e. The Kier molecular flexibility index (Phi) is 3.88. The summed E-state index contributed by atoms with van der Waals surface area (Å²) in [5.74, 6) is -1.03. The molecule has 3 rings (SSSR count). The molecule has 0 aliphatic carbocycles. The second-order valence-corrected chi connectivity index (χ2v) is 5.59. The van der Waals surface area contributed by atoms with Crippen molar-refractivity contribution in [1.82, 2.24) is 5.01 Å². The number of carbonyl (C=O) groups excluding carboxylic acids is 1. The van der Waals surface area contributed by atoms with Crippen molar-refractivity contribution >= 4 is 28.9 Å². The third kappa shape index (κ3) is 2.84. The molecule has 0 unspecified atom stereocenters. The average Bonchev–Trinajstić information content (AvgIpc) is 3.23. The topological polar surface area (TPSA) is 83.1 Å². The van der Waals surface area contributed by atoms with Crippen molar-refractivity contribution in [2.45, 2.75) is 12.5 Å². The Balaban J connectivity index is 1.90. The van der Waals surface area contributed by atoms with Gasteiger partial charge in [0.15, 0.2) is 0 Å². The molecule has 7 heteroatoms. The Morgan fingerprint density at radius 3 is 2.86 bits per heavy atom. The molecule has 1 amide bonds. The van der Waals surface area contributed by atoms with E-state index in [1.165, 1.54) is 16.3 Å². The van der Waals surface area contributed by atoms with Crippen LogP contribution in [0.25, 0.3) is 0 Å². The van der Waals surface area contributed by atoms with Crippen molar-refractivity contribution in [3.8, 4) is 0 Å². The number of amides is 1. The molecular formula is C15H12N2O4S. The zero-order valence-corrected chi connectivity index (χ0v) is 12.2. The van der Waals surface area contributed by atoms with Crippen LogP contribution in [0.15, 0.2) is 57.6 Å². The van der Waals surface area contributed by atoms with E-state index in [1.807, 2.05) is 17.5 Å². The molecule has 1 atom stereocenters. The van der Waals surface area contributed by atoms with Gasteiger partial charge in [-0.25, -0.2) is 9.80 Å². The van der Waals surface area contributed by atoms with Crippen molar-refractivity contribution in [2.24, 2.45) is 5.10 Å². The van der Waals surface area contributed by atoms with Crippen LogP contribution in [0.4, 0.5) is 0 Å². The predicted molar refractivity (Wildman–Crippen MR) is 80.5 cm³/mol. The first-order valence-corrected chi connectivity index (χ1v) is 7.42. The van der Waals surface area contributed by atoms with Gasteiger partial charge >= 0.3 is 5.97 Å². The maximum absolute atomic E-state index is 12.2. The van der Waals surface area contributed by atoms with Crippen LogP contribution in [0.3, 0.4) is 0 Å². The summed E-state index contributed by atoms with van der Waals surface area (Å²) in [5, 5.41) is 16.2. The van der Waals surface area contributed by atoms with E-state index in [-0.39, 0.29) is 6.04 Å². The fraction of sp³-hybridized carbons (Fsp3) is 0.133. The summed E-state index contributed by atoms with van der Waals surface area (Å²) < 4.78 is 5.33. The molecule has 0 fully saturated rings. The second-order valence-electron chi connectivity index (χ2n) is 4.61. The summed E-state index contributed by atoms with van der Waals surface area (Å²) in [6.07, 6.45) is 3.90. The highest BCUT2D eigenvalue weighted by molar-refractivity contribution is 7.10. The first-order chi connectivity index (χ1) is 10.6. The quantitative estimate of drug-likeness (QED) is 0.879. The van der Waals surface area contributed by atoms with E-state index in [0.29, 0.717) is 17.9 Å². The molecule has 3 heterocycles. The zero-order valence-electron chi connectivity index (χ0n) is 11.4. The Hall–Kier alpha value is -2.67. The molecule has 1 aliphatic rings. The summed E-state index contributed by atoms with van der Waals surface area (Å²) in [6, 6.07) is 7.13. The molecule has 0 saturated carbocycles. The summed E-state index contributed by atoms with van der Waals surface area (Å²) in [5.41, 5.74) is 0.667. The van der Waals surface area contributed by atoms with Crippen LogP contribution in [-0.2, 0) is 9.59 Å². The number of furan rings is 1. The third-order valence-electron chi connectivity index (χ3n) is 3.18. The molecule has 0 aromatic carbocycles. The average molecular weight is 316 g/mol. The van der Waals surface area contributed by atoms with Crippen molar-refractivity contribution < 1.29 is 19.1 Å². The van der Waals surface area contributed by atoms with Crippen LogP contribution in [0.1, 0.15) is 23.1 Å². The summed E-state index contributed by atoms with van der Waals surface area (Å²) >= 11 is 1.53. The number of hydrazone groups is 1. The fourth-order valence-electron chi connectivity index (χ4n) is 2.23. The molecule has 2 aromatic rings. The van der Waals surface area contributed by atoms with Gasteiger partial charge in [0.25, 0.3) is 5.91 Å². The van der Waals surface area contributed by atoms with Gasteiger partial charge in [-0.2, -0.15) is 5.10 Å². The fourth-order valence-corrected chi connectivity index (χ4v) is 3.04. The minimum Gasteiger partial charge on any atom is -0.478 e. The van der Waals surface area contributed by atoms with Crippen LogP contribution in [0.2, 0.25) is 0 Å². The summed E-state index contributed by atoms with van der Waals surface area (Å²) in [7, 11) is 0. The van der Waals surface area contributed by atoms with E-state index in [1.54, 1.807) is 18.4 Å². The first-order valence-electron chi connectivity index (χ1n) is 6.54. The van der Waals surface area contributed by atoms with Crippen LogP contribution >= 0.6 is 11.3 Å². The molecule has 2 aromatic heterocycles. The van der Waals surface area contributed by atoms with Crippen LogP contribution in [0.5, 0.6) is 0 Å². The van der Waals surface area contributed by atoms with Gasteiger partial charge in [0.05, 0.1) is 12.3 Å². The number of hydrogen-bond donors (Lipinski definition) is 1. The Bertz CT molecular complexity index is 732. The van der Waals surface area contributed by atoms with Gasteiger partial charge in [-0.1, -0.05) is 6.07 Å². The van der Waals surface area contributed by atoms with E-state index in [2.05, 4.69) is 5.10 Å². The van der Waals surface area contributed by atoms with Gasteiger partial charge in [-0.05, 0) is 23.6 Å². The van der Waals surface area contributed by atoms with Crippen LogP contribution < -0.4 is 0 Å². The monoisotopic (exact) mass is 316 g/mol. The number of thiophene rings is 1. The summed E-state index contributed by atoms with van der Waals surface area (Å²) in [4.78, 5) is 23.8. The number of aliphatic carboxylic acids is 1. The lowest BCUT2D eigenvalue weighted by molar-refractivity contribution is -0.132. The molecule has 6 nitrogen and oxygen atoms in total. The molecule has 1 N–H and O–H groups in total. The van der Waals surface area contributed by atoms with Crippen LogP contribution in [-0.4, -0.2) is 27.7 Å². The highest BCUT2D eigenvalue weighted by atomic mass is 32.1. The van der Waals surface area contributed by atoms with Gasteiger partial charge in [-0.3, -0.25) is 4.79 Å². The number of nitrogens with zero attached hydrogens (tertiary/aromatic N) is 2. The largest absolute Gasteiger partial charge is 0.478 e. The SMILES string of the molecule is O=C(O)/C=C/C(=O)N1N=C(c2ccco2)C[C@@H]1c1cccs1. The van der Waals surface area contributed by atoms with E-state index in [4.69, 9.17) is 9.52 Å². The first kappa shape index (κ1) is 14.3. The highest BCUT2D eigenvalue weighted by Gasteiger charge is 2.33. The maximum Gasteiger partial charge on any atom is 0.328 e. The van der Waals surface area contributed by atoms with E-state index < -0.39 is 11.9 Å². The highest BCUT2D eigenvalue weighted by Crippen LogP contribution is 2.35. The molecule has 0 radical (unpaired) electrons. The summed E-state index contributed by atoms with van der Waals surface area (Å²) in [6.45, 7) is 0. The lowest BCUT2D eigenvalue weighted by Crippen LogP contribution is -2.24. The zero-order chi connectivity index (χ0) is 15.5. The van der Waals surface area contributed by atoms with Gasteiger partial charge < -0.3 is 9.52 Å². The molecule has 0 spiro atoms. The van der Waals surface area contributed by atoms with Crippen molar-refractivity contribution in [3.63, 3.8) is 0 Å². The minimum atomic E-state index is -1.17. The number of carboxylic acid groups (broad SMARTS) is 1. The molecule has 0 saturated heterocycles. The third-order valence-corrected chi connectivity index (χ3v) is 4.16. The van der Waals surface area contributed by atoms with Crippen LogP contribution in [0, 0.1) is 0 Å². The number of hydrogen-bond acceptors (Lipinski definition) is 5. The van der Waals surface area contributed by atoms with Gasteiger partial charge in [-0.15, -0.1) is 11.3 Å². The molecular weight excluding hydrogens is 304 g/mol. The lowest BCUT2D eigenvalue weighted by Gasteiger charge is -2.18. The van der Waals surface area contributed by atoms with Gasteiger partial charge in [0.1, 0.15) is 11.5 Å². The van der Waals surface area contributed by atoms with Crippen molar-refractivity contribution in [2.75, 3.05) is 0 Å². The number of carboxylic acids is 1. The van der Waals surface area contributed by atoms with Gasteiger partial charge in [0, 0.05) is 23.5 Å². The van der Waals surface area contributed by atoms with E-state index in [0.717, 1.165) is 17.0 Å². The van der Waals surface area contributed by atoms with E-state index in [9.17, 15) is 9.59 Å². The number of carbonyl (C=O) groups is 2. The minimum absolute atomic E-state index is 0.244. The predicted octanol–water partition coefficient (Wildman–Crippen LogP) is 2.66. The van der Waals surface area contributed by atoms with Gasteiger partial charge in [0.2, 0.25) is 0 Å². The Morgan fingerprint density at radius 1 is 1.36 bits per heavy atom. The lowest BCUT2D eigenvalue weighted by atomic mass is 10.1. The van der Waals surface area contributed by atoms with Crippen molar-refractivity contribution in [3.05, 3.63) is 58.7 Å². The molecule has 0 bridgehead atoms. The normalized spacial score (nSPS) is 17.9. The maximum atomic E-state index is 12.2. The Morgan fingerprint density at radius 2 is 2.23 bits per heavy atom. The standard InChI is InChI=1S/C15H12N2O4S/c18-14(5-6-15(19)20)17-11(13-4-2-8-22-13)9-10(16-17)12-3-1-7-21-12/h1-8,11H,9H2,(H,19,20)/b6-5+/t11-/m1/s1.